The Kier molecular flexibility index (Phi) is 3.57. The molecule has 2 N–H and O–H groups in total. The number of rotatable bonds is 4. The van der Waals surface area contributed by atoms with Crippen LogP contribution in [0.5, 0.6) is 5.75 Å². The molecule has 0 aliphatic rings. The molecule has 3 rings (SSSR count). The maximum absolute atomic E-state index is 12.7. The van der Waals surface area contributed by atoms with Gasteiger partial charge in [-0.05, 0) is 36.4 Å². The van der Waals surface area contributed by atoms with Crippen molar-refractivity contribution in [2.24, 2.45) is 0 Å². The third kappa shape index (κ3) is 2.42. The summed E-state index contributed by atoms with van der Waals surface area (Å²) >= 11 is 0. The van der Waals surface area contributed by atoms with Gasteiger partial charge < -0.3 is 10.5 Å². The lowest BCUT2D eigenvalue weighted by Gasteiger charge is -2.07. The Morgan fingerprint density at radius 3 is 2.55 bits per heavy atom. The summed E-state index contributed by atoms with van der Waals surface area (Å²) in [6.07, 6.45) is 3.14. The van der Waals surface area contributed by atoms with Crippen LogP contribution in [0.25, 0.3) is 5.82 Å². The Balaban J connectivity index is 2.04. The number of hydrogen-bond acceptors (Lipinski definition) is 5. The molecule has 6 heteroatoms. The first-order chi connectivity index (χ1) is 10.7. The van der Waals surface area contributed by atoms with Crippen LogP contribution in [0, 0.1) is 0 Å². The number of methoxy groups -OCH3 is 1. The van der Waals surface area contributed by atoms with Crippen LogP contribution in [0.2, 0.25) is 0 Å². The molecule has 110 valence electrons. The standard InChI is InChI=1S/C16H14N4O2/c1-22-12-7-5-11(6-8-12)15(21)14-16(17)19-10-20(14)13-4-2-3-9-18-13/h2-10H,17H2,1H3. The van der Waals surface area contributed by atoms with Gasteiger partial charge in [0.25, 0.3) is 0 Å². The first-order valence-corrected chi connectivity index (χ1v) is 6.63. The predicted molar refractivity (Wildman–Crippen MR) is 82.2 cm³/mol. The van der Waals surface area contributed by atoms with Gasteiger partial charge in [-0.15, -0.1) is 0 Å². The fourth-order valence-electron chi connectivity index (χ4n) is 2.14. The van der Waals surface area contributed by atoms with E-state index in [1.807, 2.05) is 6.07 Å². The molecule has 0 aliphatic heterocycles. The highest BCUT2D eigenvalue weighted by molar-refractivity contribution is 6.10. The third-order valence-electron chi connectivity index (χ3n) is 3.26. The van der Waals surface area contributed by atoms with Crippen LogP contribution in [0.15, 0.2) is 55.0 Å². The van der Waals surface area contributed by atoms with Crippen LogP contribution in [0.1, 0.15) is 16.1 Å². The van der Waals surface area contributed by atoms with Gasteiger partial charge in [-0.3, -0.25) is 9.36 Å². The minimum absolute atomic E-state index is 0.173. The van der Waals surface area contributed by atoms with Crippen molar-refractivity contribution < 1.29 is 9.53 Å². The van der Waals surface area contributed by atoms with Crippen LogP contribution >= 0.6 is 0 Å². The summed E-state index contributed by atoms with van der Waals surface area (Å²) in [5, 5.41) is 0. The highest BCUT2D eigenvalue weighted by atomic mass is 16.5. The number of aromatic nitrogens is 3. The van der Waals surface area contributed by atoms with Crippen molar-refractivity contribution in [3.63, 3.8) is 0 Å². The van der Waals surface area contributed by atoms with E-state index in [1.54, 1.807) is 54.3 Å². The molecule has 0 unspecified atom stereocenters. The van der Waals surface area contributed by atoms with Crippen molar-refractivity contribution >= 4 is 11.6 Å². The molecule has 6 nitrogen and oxygen atoms in total. The Labute approximate surface area is 127 Å². The lowest BCUT2D eigenvalue weighted by atomic mass is 10.1. The number of ketones is 1. The van der Waals surface area contributed by atoms with Gasteiger partial charge in [0.05, 0.1) is 7.11 Å². The van der Waals surface area contributed by atoms with Crippen molar-refractivity contribution in [3.05, 3.63) is 66.2 Å². The number of pyridine rings is 1. The second kappa shape index (κ2) is 5.69. The number of nitrogens with two attached hydrogens (primary N) is 1. The van der Waals surface area contributed by atoms with Crippen molar-refractivity contribution in [2.75, 3.05) is 12.8 Å². The second-order valence-corrected chi connectivity index (χ2v) is 4.59. The molecule has 0 fully saturated rings. The average molecular weight is 294 g/mol. The maximum atomic E-state index is 12.7. The lowest BCUT2D eigenvalue weighted by Crippen LogP contribution is -2.11. The molecule has 2 heterocycles. The van der Waals surface area contributed by atoms with Crippen LogP contribution in [0.4, 0.5) is 5.82 Å². The monoisotopic (exact) mass is 294 g/mol. The van der Waals surface area contributed by atoms with Crippen LogP contribution in [0.3, 0.4) is 0 Å². The number of imidazole rings is 1. The molecule has 0 saturated carbocycles. The van der Waals surface area contributed by atoms with E-state index >= 15 is 0 Å². The third-order valence-corrected chi connectivity index (χ3v) is 3.26. The molecule has 0 spiro atoms. The summed E-state index contributed by atoms with van der Waals surface area (Å²) in [4.78, 5) is 21.0. The van der Waals surface area contributed by atoms with Crippen molar-refractivity contribution in [3.8, 4) is 11.6 Å². The number of anilines is 1. The number of nitrogens with zero attached hydrogens (tertiary/aromatic N) is 3. The number of carbonyl (C=O) groups is 1. The summed E-state index contributed by atoms with van der Waals surface area (Å²) < 4.78 is 6.68. The van der Waals surface area contributed by atoms with E-state index in [1.165, 1.54) is 6.33 Å². The van der Waals surface area contributed by atoms with E-state index in [0.717, 1.165) is 0 Å². The first-order valence-electron chi connectivity index (χ1n) is 6.63. The van der Waals surface area contributed by atoms with Crippen LogP contribution in [-0.4, -0.2) is 27.4 Å². The molecule has 22 heavy (non-hydrogen) atoms. The summed E-state index contributed by atoms with van der Waals surface area (Å²) in [7, 11) is 1.57. The zero-order valence-electron chi connectivity index (χ0n) is 11.9. The molecule has 0 atom stereocenters. The summed E-state index contributed by atoms with van der Waals surface area (Å²) in [5.74, 6) is 1.22. The smallest absolute Gasteiger partial charge is 0.213 e. The van der Waals surface area contributed by atoms with Gasteiger partial charge in [0, 0.05) is 11.8 Å². The van der Waals surface area contributed by atoms with Gasteiger partial charge >= 0.3 is 0 Å². The highest BCUT2D eigenvalue weighted by Crippen LogP contribution is 2.20. The minimum Gasteiger partial charge on any atom is -0.497 e. The predicted octanol–water partition coefficient (Wildman–Crippen LogP) is 2.09. The second-order valence-electron chi connectivity index (χ2n) is 4.59. The van der Waals surface area contributed by atoms with E-state index in [2.05, 4.69) is 9.97 Å². The Morgan fingerprint density at radius 2 is 1.91 bits per heavy atom. The van der Waals surface area contributed by atoms with Gasteiger partial charge in [-0.1, -0.05) is 6.07 Å². The number of hydrogen-bond donors (Lipinski definition) is 1. The number of ether oxygens (including phenoxy) is 1. The topological polar surface area (TPSA) is 83.0 Å². The van der Waals surface area contributed by atoms with E-state index < -0.39 is 0 Å². The van der Waals surface area contributed by atoms with Crippen LogP contribution < -0.4 is 10.5 Å². The van der Waals surface area contributed by atoms with Gasteiger partial charge in [0.1, 0.15) is 23.6 Å². The number of nitrogen functional groups attached to an aromatic ring is 1. The molecule has 3 aromatic rings. The molecular formula is C16H14N4O2. The molecule has 0 saturated heterocycles. The minimum atomic E-state index is -0.219. The molecule has 0 bridgehead atoms. The van der Waals surface area contributed by atoms with E-state index in [-0.39, 0.29) is 11.6 Å². The molecule has 0 radical (unpaired) electrons. The van der Waals surface area contributed by atoms with E-state index in [0.29, 0.717) is 22.8 Å². The Hall–Kier alpha value is -3.15. The zero-order chi connectivity index (χ0) is 15.5. The molecule has 0 aliphatic carbocycles. The van der Waals surface area contributed by atoms with Gasteiger partial charge in [-0.25, -0.2) is 9.97 Å². The van der Waals surface area contributed by atoms with Crippen molar-refractivity contribution in [1.29, 1.82) is 0 Å². The Bertz CT molecular complexity index is 795. The molecule has 2 aromatic heterocycles. The Morgan fingerprint density at radius 1 is 1.14 bits per heavy atom. The van der Waals surface area contributed by atoms with Gasteiger partial charge in [0.2, 0.25) is 5.78 Å². The van der Waals surface area contributed by atoms with Crippen molar-refractivity contribution in [1.82, 2.24) is 14.5 Å². The maximum Gasteiger partial charge on any atom is 0.213 e. The quantitative estimate of drug-likeness (QED) is 0.745. The summed E-state index contributed by atoms with van der Waals surface area (Å²) in [6.45, 7) is 0. The molecule has 0 amide bonds. The van der Waals surface area contributed by atoms with Gasteiger partial charge in [-0.2, -0.15) is 0 Å². The van der Waals surface area contributed by atoms with E-state index in [9.17, 15) is 4.79 Å². The van der Waals surface area contributed by atoms with Crippen molar-refractivity contribution in [2.45, 2.75) is 0 Å². The zero-order valence-corrected chi connectivity index (χ0v) is 11.9. The normalized spacial score (nSPS) is 10.4. The molecule has 1 aromatic carbocycles. The van der Waals surface area contributed by atoms with Gasteiger partial charge in [0.15, 0.2) is 5.82 Å². The summed E-state index contributed by atoms with van der Waals surface area (Å²) in [6, 6.07) is 12.3. The number of carbonyl (C=O) groups excluding carboxylic acids is 1. The number of benzene rings is 1. The van der Waals surface area contributed by atoms with E-state index in [4.69, 9.17) is 10.5 Å². The summed E-state index contributed by atoms with van der Waals surface area (Å²) in [5.41, 5.74) is 6.67. The highest BCUT2D eigenvalue weighted by Gasteiger charge is 2.20. The fourth-order valence-corrected chi connectivity index (χ4v) is 2.14. The average Bonchev–Trinajstić information content (AvgIpc) is 2.96. The molecular weight excluding hydrogens is 280 g/mol. The lowest BCUT2D eigenvalue weighted by molar-refractivity contribution is 0.103. The SMILES string of the molecule is COc1ccc(C(=O)c2c(N)ncn2-c2ccccn2)cc1. The van der Waals surface area contributed by atoms with Crippen LogP contribution in [-0.2, 0) is 0 Å². The largest absolute Gasteiger partial charge is 0.497 e. The first kappa shape index (κ1) is 13.8. The fraction of sp³-hybridized carbons (Fsp3) is 0.0625.